The van der Waals surface area contributed by atoms with Crippen molar-refractivity contribution < 1.29 is 19.1 Å². The molecular formula is C28H30N6O4. The average molecular weight is 515 g/mol. The lowest BCUT2D eigenvalue weighted by Gasteiger charge is -2.20. The molecule has 3 heterocycles. The standard InChI is InChI=1S/C28H30N6O4/c1-3-37-26(35)14-17-34(24-6-4-5-15-31-24)28(36)38-22-13-16-33-19(2)23(32-25(33)18-22)12-9-20-7-10-21(11-8-20)27(29)30/h4-8,10-11,13,15-16,18H,3,9,12,14,17H2,1-2H3,(H3,29,30). The summed E-state index contributed by atoms with van der Waals surface area (Å²) in [5.41, 5.74) is 9.95. The number of nitrogens with zero attached hydrogens (tertiary/aromatic N) is 4. The Hall–Kier alpha value is -4.73. The van der Waals surface area contributed by atoms with Gasteiger partial charge in [-0.2, -0.15) is 0 Å². The number of pyridine rings is 2. The summed E-state index contributed by atoms with van der Waals surface area (Å²) in [5, 5.41) is 7.52. The largest absolute Gasteiger partial charge is 0.466 e. The molecule has 4 rings (SSSR count). The van der Waals surface area contributed by atoms with Gasteiger partial charge in [-0.05, 0) is 50.5 Å². The van der Waals surface area contributed by atoms with E-state index in [1.54, 1.807) is 43.5 Å². The maximum Gasteiger partial charge on any atom is 0.420 e. The summed E-state index contributed by atoms with van der Waals surface area (Å²) >= 11 is 0. The third kappa shape index (κ3) is 6.33. The van der Waals surface area contributed by atoms with E-state index in [-0.39, 0.29) is 25.4 Å². The quantitative estimate of drug-likeness (QED) is 0.185. The Balaban J connectivity index is 1.47. The molecule has 0 bridgehead atoms. The number of anilines is 1. The number of benzene rings is 1. The van der Waals surface area contributed by atoms with Crippen molar-refractivity contribution >= 4 is 29.4 Å². The molecule has 4 aromatic rings. The van der Waals surface area contributed by atoms with Crippen molar-refractivity contribution in [1.29, 1.82) is 5.41 Å². The number of imidazole rings is 1. The fourth-order valence-corrected chi connectivity index (χ4v) is 4.02. The number of amidine groups is 1. The summed E-state index contributed by atoms with van der Waals surface area (Å²) in [4.78, 5) is 35.3. The first-order valence-electron chi connectivity index (χ1n) is 12.3. The van der Waals surface area contributed by atoms with Crippen molar-refractivity contribution in [2.75, 3.05) is 18.1 Å². The Morgan fingerprint density at radius 1 is 1.11 bits per heavy atom. The molecule has 1 amide bonds. The molecule has 0 aliphatic heterocycles. The molecule has 38 heavy (non-hydrogen) atoms. The SMILES string of the molecule is CCOC(=O)CCN(C(=O)Oc1ccn2c(C)c(CCc3ccc(C(=N)N)cc3)nc2c1)c1ccccn1. The molecular weight excluding hydrogens is 484 g/mol. The number of amides is 1. The molecule has 10 heteroatoms. The first-order valence-corrected chi connectivity index (χ1v) is 12.3. The Morgan fingerprint density at radius 3 is 2.58 bits per heavy atom. The van der Waals surface area contributed by atoms with E-state index in [0.717, 1.165) is 29.8 Å². The van der Waals surface area contributed by atoms with Crippen LogP contribution in [0.2, 0.25) is 0 Å². The third-order valence-electron chi connectivity index (χ3n) is 6.05. The van der Waals surface area contributed by atoms with Gasteiger partial charge >= 0.3 is 12.1 Å². The number of hydrogen-bond donors (Lipinski definition) is 2. The Bertz CT molecular complexity index is 1430. The second kappa shape index (κ2) is 12.0. The second-order valence-corrected chi connectivity index (χ2v) is 8.61. The Kier molecular flexibility index (Phi) is 8.32. The predicted octanol–water partition coefficient (Wildman–Crippen LogP) is 4.07. The van der Waals surface area contributed by atoms with Gasteiger partial charge in [-0.15, -0.1) is 0 Å². The van der Waals surface area contributed by atoms with Gasteiger partial charge < -0.3 is 19.6 Å². The molecule has 1 aromatic carbocycles. The number of ether oxygens (including phenoxy) is 2. The van der Waals surface area contributed by atoms with Crippen LogP contribution in [0.1, 0.15) is 35.9 Å². The van der Waals surface area contributed by atoms with Crippen molar-refractivity contribution in [3.8, 4) is 5.75 Å². The van der Waals surface area contributed by atoms with Gasteiger partial charge in [-0.3, -0.25) is 15.1 Å². The van der Waals surface area contributed by atoms with Crippen LogP contribution >= 0.6 is 0 Å². The van der Waals surface area contributed by atoms with Crippen LogP contribution < -0.4 is 15.4 Å². The number of aromatic nitrogens is 3. The van der Waals surface area contributed by atoms with Crippen molar-refractivity contribution in [3.05, 3.63) is 89.5 Å². The van der Waals surface area contributed by atoms with Gasteiger partial charge in [0.25, 0.3) is 0 Å². The molecule has 0 fully saturated rings. The highest BCUT2D eigenvalue weighted by molar-refractivity contribution is 5.94. The van der Waals surface area contributed by atoms with Crippen molar-refractivity contribution in [1.82, 2.24) is 14.4 Å². The monoisotopic (exact) mass is 514 g/mol. The highest BCUT2D eigenvalue weighted by Crippen LogP contribution is 2.21. The third-order valence-corrected chi connectivity index (χ3v) is 6.05. The Morgan fingerprint density at radius 2 is 1.89 bits per heavy atom. The van der Waals surface area contributed by atoms with Crippen LogP contribution in [0.25, 0.3) is 5.65 Å². The van der Waals surface area contributed by atoms with Crippen LogP contribution in [-0.4, -0.2) is 45.4 Å². The van der Waals surface area contributed by atoms with E-state index in [2.05, 4.69) is 4.98 Å². The molecule has 3 aromatic heterocycles. The molecule has 0 saturated heterocycles. The van der Waals surface area contributed by atoms with E-state index >= 15 is 0 Å². The van der Waals surface area contributed by atoms with E-state index in [1.165, 1.54) is 4.90 Å². The lowest BCUT2D eigenvalue weighted by molar-refractivity contribution is -0.142. The minimum absolute atomic E-state index is 0.0127. The first-order chi connectivity index (χ1) is 18.4. The minimum atomic E-state index is -0.658. The molecule has 0 saturated carbocycles. The van der Waals surface area contributed by atoms with Crippen molar-refractivity contribution in [2.24, 2.45) is 5.73 Å². The molecule has 3 N–H and O–H groups in total. The fraction of sp³-hybridized carbons (Fsp3) is 0.250. The number of rotatable bonds is 10. The number of nitrogen functional groups attached to an aromatic ring is 1. The van der Waals surface area contributed by atoms with E-state index in [0.29, 0.717) is 22.8 Å². The topological polar surface area (TPSA) is 136 Å². The molecule has 0 atom stereocenters. The summed E-state index contributed by atoms with van der Waals surface area (Å²) in [6.07, 6.45) is 4.25. The maximum absolute atomic E-state index is 13.1. The zero-order valence-corrected chi connectivity index (χ0v) is 21.4. The van der Waals surface area contributed by atoms with Gasteiger partial charge in [-0.25, -0.2) is 14.8 Å². The van der Waals surface area contributed by atoms with E-state index in [9.17, 15) is 9.59 Å². The minimum Gasteiger partial charge on any atom is -0.466 e. The summed E-state index contributed by atoms with van der Waals surface area (Å²) in [7, 11) is 0. The van der Waals surface area contributed by atoms with Crippen LogP contribution in [0.15, 0.2) is 67.0 Å². The number of fused-ring (bicyclic) bond motifs is 1. The lowest BCUT2D eigenvalue weighted by Crippen LogP contribution is -2.36. The van der Waals surface area contributed by atoms with Crippen LogP contribution in [0.3, 0.4) is 0 Å². The van der Waals surface area contributed by atoms with E-state index in [1.807, 2.05) is 41.8 Å². The first kappa shape index (κ1) is 26.3. The van der Waals surface area contributed by atoms with Gasteiger partial charge in [0.1, 0.15) is 23.1 Å². The molecule has 0 radical (unpaired) electrons. The molecule has 0 aliphatic rings. The summed E-state index contributed by atoms with van der Waals surface area (Å²) in [6, 6.07) is 16.2. The summed E-state index contributed by atoms with van der Waals surface area (Å²) < 4.78 is 12.6. The highest BCUT2D eigenvalue weighted by atomic mass is 16.6. The van der Waals surface area contributed by atoms with Crippen LogP contribution in [0.4, 0.5) is 10.6 Å². The lowest BCUT2D eigenvalue weighted by atomic mass is 10.1. The highest BCUT2D eigenvalue weighted by Gasteiger charge is 2.21. The predicted molar refractivity (Wildman–Crippen MR) is 144 cm³/mol. The second-order valence-electron chi connectivity index (χ2n) is 8.61. The number of nitrogens with one attached hydrogen (secondary N) is 1. The zero-order chi connectivity index (χ0) is 27.1. The molecule has 0 unspecified atom stereocenters. The molecule has 0 spiro atoms. The van der Waals surface area contributed by atoms with Gasteiger partial charge in [-0.1, -0.05) is 30.3 Å². The number of aryl methyl sites for hydroxylation is 3. The Labute approximate surface area is 220 Å². The molecule has 196 valence electrons. The molecule has 0 aliphatic carbocycles. The van der Waals surface area contributed by atoms with Crippen LogP contribution in [-0.2, 0) is 22.4 Å². The summed E-state index contributed by atoms with van der Waals surface area (Å²) in [6.45, 7) is 4.06. The number of esters is 1. The zero-order valence-electron chi connectivity index (χ0n) is 21.4. The maximum atomic E-state index is 13.1. The normalized spacial score (nSPS) is 10.8. The smallest absolute Gasteiger partial charge is 0.420 e. The number of carbonyl (C=O) groups is 2. The fourth-order valence-electron chi connectivity index (χ4n) is 4.02. The van der Waals surface area contributed by atoms with Gasteiger partial charge in [0.15, 0.2) is 0 Å². The van der Waals surface area contributed by atoms with Gasteiger partial charge in [0, 0.05) is 36.3 Å². The average Bonchev–Trinajstić information content (AvgIpc) is 3.23. The van der Waals surface area contributed by atoms with Gasteiger partial charge in [0.2, 0.25) is 0 Å². The van der Waals surface area contributed by atoms with E-state index in [4.69, 9.17) is 25.6 Å². The number of hydrogen-bond acceptors (Lipinski definition) is 7. The van der Waals surface area contributed by atoms with Crippen LogP contribution in [0.5, 0.6) is 5.75 Å². The van der Waals surface area contributed by atoms with Gasteiger partial charge in [0.05, 0.1) is 18.7 Å². The number of nitrogens with two attached hydrogens (primary N) is 1. The number of carbonyl (C=O) groups excluding carboxylic acids is 2. The van der Waals surface area contributed by atoms with Crippen molar-refractivity contribution in [2.45, 2.75) is 33.1 Å². The van der Waals surface area contributed by atoms with Crippen molar-refractivity contribution in [3.63, 3.8) is 0 Å². The molecule has 10 nitrogen and oxygen atoms in total. The van der Waals surface area contributed by atoms with E-state index < -0.39 is 12.1 Å². The van der Waals surface area contributed by atoms with Crippen LogP contribution in [0, 0.1) is 12.3 Å². The summed E-state index contributed by atoms with van der Waals surface area (Å²) in [5.74, 6) is 0.346.